The number of fused-ring (bicyclic) bond motifs is 2. The van der Waals surface area contributed by atoms with Crippen molar-refractivity contribution < 1.29 is 4.74 Å². The molecule has 3 rings (SSSR count). The Labute approximate surface area is 108 Å². The molecule has 1 aliphatic carbocycles. The number of allylic oxidation sites excluding steroid dienone is 1. The van der Waals surface area contributed by atoms with Crippen molar-refractivity contribution in [1.29, 1.82) is 0 Å². The molecule has 0 amide bonds. The van der Waals surface area contributed by atoms with Crippen molar-refractivity contribution in [3.05, 3.63) is 47.7 Å². The Morgan fingerprint density at radius 2 is 2.11 bits per heavy atom. The zero-order valence-corrected chi connectivity index (χ0v) is 10.4. The molecule has 1 fully saturated rings. The molecule has 2 heteroatoms. The van der Waals surface area contributed by atoms with E-state index in [1.54, 1.807) is 0 Å². The van der Waals surface area contributed by atoms with Gasteiger partial charge in [-0.3, -0.25) is 4.99 Å². The number of benzene rings is 1. The van der Waals surface area contributed by atoms with E-state index in [0.717, 1.165) is 24.2 Å². The van der Waals surface area contributed by atoms with Crippen molar-refractivity contribution in [2.24, 2.45) is 4.99 Å². The number of para-hydroxylation sites is 1. The molecule has 2 nitrogen and oxygen atoms in total. The van der Waals surface area contributed by atoms with Crippen molar-refractivity contribution in [3.63, 3.8) is 0 Å². The standard InChI is InChI=1S/C16H17NO/c1-3-7-15-13(5-1)9-11-17-12-10-14-6-2-4-8-16(14)18-15/h1,3,5,7,9-12,16H,2,4,6,8H2/b11-9-,14-10-,17-12+. The molecule has 1 unspecified atom stereocenters. The second-order valence-corrected chi connectivity index (χ2v) is 4.75. The molecule has 0 aromatic heterocycles. The van der Waals surface area contributed by atoms with Crippen LogP contribution in [0.25, 0.3) is 6.08 Å². The molecule has 0 radical (unpaired) electrons. The van der Waals surface area contributed by atoms with Gasteiger partial charge < -0.3 is 4.74 Å². The van der Waals surface area contributed by atoms with E-state index in [2.05, 4.69) is 17.1 Å². The lowest BCUT2D eigenvalue weighted by molar-refractivity contribution is 0.203. The molecule has 2 aliphatic rings. The number of hydrogen-bond acceptors (Lipinski definition) is 2. The van der Waals surface area contributed by atoms with Gasteiger partial charge in [-0.2, -0.15) is 0 Å². The van der Waals surface area contributed by atoms with E-state index in [4.69, 9.17) is 4.74 Å². The minimum atomic E-state index is 0.220. The van der Waals surface area contributed by atoms with Crippen LogP contribution in [0.4, 0.5) is 0 Å². The second kappa shape index (κ2) is 5.21. The molecule has 0 saturated heterocycles. The summed E-state index contributed by atoms with van der Waals surface area (Å²) in [7, 11) is 0. The molecule has 1 aliphatic heterocycles. The van der Waals surface area contributed by atoms with Gasteiger partial charge in [-0.05, 0) is 49.5 Å². The van der Waals surface area contributed by atoms with Crippen LogP contribution < -0.4 is 4.74 Å². The molecule has 1 aromatic rings. The van der Waals surface area contributed by atoms with E-state index in [1.807, 2.05) is 36.7 Å². The predicted octanol–water partition coefficient (Wildman–Crippen LogP) is 3.99. The molecule has 1 aromatic carbocycles. The van der Waals surface area contributed by atoms with Crippen molar-refractivity contribution in [1.82, 2.24) is 0 Å². The highest BCUT2D eigenvalue weighted by Gasteiger charge is 2.20. The van der Waals surface area contributed by atoms with Gasteiger partial charge in [-0.1, -0.05) is 18.2 Å². The molecule has 1 heterocycles. The molecule has 1 saturated carbocycles. The van der Waals surface area contributed by atoms with Gasteiger partial charge >= 0.3 is 0 Å². The molecular formula is C16H17NO. The molecule has 0 spiro atoms. The first kappa shape index (κ1) is 11.3. The van der Waals surface area contributed by atoms with Gasteiger partial charge in [0.1, 0.15) is 11.9 Å². The lowest BCUT2D eigenvalue weighted by Crippen LogP contribution is -2.23. The van der Waals surface area contributed by atoms with Crippen molar-refractivity contribution >= 4 is 12.3 Å². The first-order valence-electron chi connectivity index (χ1n) is 6.58. The fourth-order valence-corrected chi connectivity index (χ4v) is 2.52. The fourth-order valence-electron chi connectivity index (χ4n) is 2.52. The van der Waals surface area contributed by atoms with Crippen LogP contribution in [-0.2, 0) is 0 Å². The van der Waals surface area contributed by atoms with Crippen LogP contribution in [0.5, 0.6) is 5.75 Å². The first-order chi connectivity index (χ1) is 8.93. The summed E-state index contributed by atoms with van der Waals surface area (Å²) in [5.41, 5.74) is 2.47. The third-order valence-electron chi connectivity index (χ3n) is 3.50. The van der Waals surface area contributed by atoms with Crippen LogP contribution in [0.2, 0.25) is 0 Å². The highest BCUT2D eigenvalue weighted by molar-refractivity contribution is 5.74. The zero-order valence-electron chi connectivity index (χ0n) is 10.4. The summed E-state index contributed by atoms with van der Waals surface area (Å²) in [5, 5.41) is 0. The Hall–Kier alpha value is -1.83. The van der Waals surface area contributed by atoms with Crippen LogP contribution in [0.15, 0.2) is 47.1 Å². The van der Waals surface area contributed by atoms with Gasteiger partial charge in [0.2, 0.25) is 0 Å². The maximum Gasteiger partial charge on any atom is 0.127 e. The summed E-state index contributed by atoms with van der Waals surface area (Å²) in [5.74, 6) is 0.962. The number of rotatable bonds is 0. The van der Waals surface area contributed by atoms with Gasteiger partial charge in [0.25, 0.3) is 0 Å². The first-order valence-corrected chi connectivity index (χ1v) is 6.58. The maximum atomic E-state index is 6.20. The molecule has 1 atom stereocenters. The SMILES string of the molecule is C1=C\c2ccccc2OC2CCCC/C2=C/C=N/1. The summed E-state index contributed by atoms with van der Waals surface area (Å²) in [4.78, 5) is 4.28. The topological polar surface area (TPSA) is 21.6 Å². The van der Waals surface area contributed by atoms with E-state index in [1.165, 1.54) is 18.4 Å². The van der Waals surface area contributed by atoms with Crippen molar-refractivity contribution in [2.75, 3.05) is 0 Å². The molecular weight excluding hydrogens is 222 g/mol. The summed E-state index contributed by atoms with van der Waals surface area (Å²) < 4.78 is 6.20. The Balaban J connectivity index is 1.99. The normalized spacial score (nSPS) is 28.9. The van der Waals surface area contributed by atoms with E-state index in [-0.39, 0.29) is 6.10 Å². The van der Waals surface area contributed by atoms with Gasteiger partial charge in [0.05, 0.1) is 0 Å². The summed E-state index contributed by atoms with van der Waals surface area (Å²) in [6.07, 6.45) is 12.8. The number of nitrogens with zero attached hydrogens (tertiary/aromatic N) is 1. The van der Waals surface area contributed by atoms with Gasteiger partial charge in [-0.25, -0.2) is 0 Å². The highest BCUT2D eigenvalue weighted by atomic mass is 16.5. The van der Waals surface area contributed by atoms with Gasteiger partial charge in [-0.15, -0.1) is 0 Å². The fraction of sp³-hybridized carbons (Fsp3) is 0.312. The van der Waals surface area contributed by atoms with Crippen LogP contribution in [0.3, 0.4) is 0 Å². The third kappa shape index (κ3) is 2.37. The van der Waals surface area contributed by atoms with E-state index in [9.17, 15) is 0 Å². The van der Waals surface area contributed by atoms with Crippen LogP contribution >= 0.6 is 0 Å². The lowest BCUT2D eigenvalue weighted by Gasteiger charge is -2.27. The smallest absolute Gasteiger partial charge is 0.127 e. The third-order valence-corrected chi connectivity index (χ3v) is 3.50. The summed E-state index contributed by atoms with van der Waals surface area (Å²) in [6.45, 7) is 0. The van der Waals surface area contributed by atoms with Gasteiger partial charge in [0.15, 0.2) is 0 Å². The maximum absolute atomic E-state index is 6.20. The zero-order chi connectivity index (χ0) is 12.2. The van der Waals surface area contributed by atoms with Crippen LogP contribution in [0, 0.1) is 0 Å². The lowest BCUT2D eigenvalue weighted by atomic mass is 9.91. The van der Waals surface area contributed by atoms with Gasteiger partial charge in [0, 0.05) is 18.0 Å². The Morgan fingerprint density at radius 3 is 3.11 bits per heavy atom. The monoisotopic (exact) mass is 239 g/mol. The highest BCUT2D eigenvalue weighted by Crippen LogP contribution is 2.30. The Bertz CT molecular complexity index is 514. The van der Waals surface area contributed by atoms with E-state index >= 15 is 0 Å². The molecule has 92 valence electrons. The van der Waals surface area contributed by atoms with E-state index in [0.29, 0.717) is 0 Å². The van der Waals surface area contributed by atoms with Crippen LogP contribution in [0.1, 0.15) is 31.2 Å². The number of aliphatic imine (C=N–C) groups is 1. The largest absolute Gasteiger partial charge is 0.485 e. The van der Waals surface area contributed by atoms with Crippen LogP contribution in [-0.4, -0.2) is 12.3 Å². The van der Waals surface area contributed by atoms with Crippen molar-refractivity contribution in [2.45, 2.75) is 31.8 Å². The van der Waals surface area contributed by atoms with Crippen molar-refractivity contribution in [3.8, 4) is 5.75 Å². The molecule has 0 N–H and O–H groups in total. The van der Waals surface area contributed by atoms with E-state index < -0.39 is 0 Å². The average molecular weight is 239 g/mol. The summed E-state index contributed by atoms with van der Waals surface area (Å²) >= 11 is 0. The Morgan fingerprint density at radius 1 is 1.17 bits per heavy atom. The quantitative estimate of drug-likeness (QED) is 0.670. The Kier molecular flexibility index (Phi) is 3.26. The summed E-state index contributed by atoms with van der Waals surface area (Å²) in [6, 6.07) is 8.15. The molecule has 18 heavy (non-hydrogen) atoms. The number of hydrogen-bond donors (Lipinski definition) is 0. The average Bonchev–Trinajstić information content (AvgIpc) is 2.42. The number of ether oxygens (including phenoxy) is 1. The minimum absolute atomic E-state index is 0.220. The predicted molar refractivity (Wildman–Crippen MR) is 74.9 cm³/mol. The molecule has 0 bridgehead atoms. The second-order valence-electron chi connectivity index (χ2n) is 4.75. The minimum Gasteiger partial charge on any atom is -0.485 e.